The lowest BCUT2D eigenvalue weighted by atomic mass is 9.83. The van der Waals surface area contributed by atoms with Crippen molar-refractivity contribution >= 4 is 11.9 Å². The molecule has 1 fully saturated rings. The molecule has 0 aromatic carbocycles. The van der Waals surface area contributed by atoms with E-state index in [1.54, 1.807) is 4.90 Å². The van der Waals surface area contributed by atoms with Crippen molar-refractivity contribution in [2.45, 2.75) is 52.9 Å². The van der Waals surface area contributed by atoms with E-state index in [2.05, 4.69) is 0 Å². The number of carboxylic acids is 1. The number of carboxylic acid groups (broad SMARTS) is 1. The number of rotatable bonds is 6. The number of carbonyl (C=O) groups excluding carboxylic acids is 1. The Morgan fingerprint density at radius 2 is 1.89 bits per heavy atom. The summed E-state index contributed by atoms with van der Waals surface area (Å²) in [5.74, 6) is -0.556. The Kier molecular flexibility index (Phi) is 5.17. The minimum Gasteiger partial charge on any atom is -0.481 e. The van der Waals surface area contributed by atoms with Crippen molar-refractivity contribution in [3.05, 3.63) is 0 Å². The number of amides is 1. The molecule has 0 spiro atoms. The van der Waals surface area contributed by atoms with E-state index in [1.165, 1.54) is 0 Å². The summed E-state index contributed by atoms with van der Waals surface area (Å²) in [6.07, 6.45) is 3.77. The van der Waals surface area contributed by atoms with E-state index >= 15 is 0 Å². The Hall–Kier alpha value is -1.06. The summed E-state index contributed by atoms with van der Waals surface area (Å²) in [4.78, 5) is 25.5. The van der Waals surface area contributed by atoms with Crippen LogP contribution in [0.15, 0.2) is 0 Å². The van der Waals surface area contributed by atoms with Gasteiger partial charge >= 0.3 is 5.97 Å². The van der Waals surface area contributed by atoms with Crippen molar-refractivity contribution in [3.8, 4) is 0 Å². The van der Waals surface area contributed by atoms with Crippen molar-refractivity contribution in [2.24, 2.45) is 11.3 Å². The molecular formula is C14H25NO3. The molecule has 0 radical (unpaired) electrons. The molecular weight excluding hydrogens is 230 g/mol. The lowest BCUT2D eigenvalue weighted by Crippen LogP contribution is -2.39. The normalized spacial score (nSPS) is 23.7. The number of carbonyl (C=O) groups is 2. The molecule has 4 nitrogen and oxygen atoms in total. The molecule has 0 aromatic rings. The average Bonchev–Trinajstić information content (AvgIpc) is 2.76. The first-order valence-corrected chi connectivity index (χ1v) is 7.03. The van der Waals surface area contributed by atoms with E-state index in [0.717, 1.165) is 19.3 Å². The Bertz CT molecular complexity index is 312. The van der Waals surface area contributed by atoms with Crippen LogP contribution in [0.5, 0.6) is 0 Å². The van der Waals surface area contributed by atoms with Gasteiger partial charge in [0.15, 0.2) is 0 Å². The van der Waals surface area contributed by atoms with Gasteiger partial charge in [-0.25, -0.2) is 0 Å². The first-order chi connectivity index (χ1) is 8.50. The second-order valence-electron chi connectivity index (χ2n) is 5.36. The van der Waals surface area contributed by atoms with Crippen LogP contribution < -0.4 is 0 Å². The summed E-state index contributed by atoms with van der Waals surface area (Å²) < 4.78 is 0. The van der Waals surface area contributed by atoms with Gasteiger partial charge in [-0.15, -0.1) is 0 Å². The quantitative estimate of drug-likeness (QED) is 0.793. The van der Waals surface area contributed by atoms with Gasteiger partial charge in [0, 0.05) is 19.0 Å². The van der Waals surface area contributed by atoms with E-state index < -0.39 is 11.4 Å². The van der Waals surface area contributed by atoms with Crippen LogP contribution in [0.3, 0.4) is 0 Å². The zero-order valence-corrected chi connectivity index (χ0v) is 11.7. The maximum atomic E-state index is 12.3. The Morgan fingerprint density at radius 3 is 2.33 bits per heavy atom. The first-order valence-electron chi connectivity index (χ1n) is 7.03. The summed E-state index contributed by atoms with van der Waals surface area (Å²) in [5.41, 5.74) is -0.698. The predicted octanol–water partition coefficient (Wildman–Crippen LogP) is 2.53. The third-order valence-corrected chi connectivity index (χ3v) is 4.18. The van der Waals surface area contributed by atoms with Gasteiger partial charge in [0.2, 0.25) is 5.91 Å². The van der Waals surface area contributed by atoms with Gasteiger partial charge in [-0.05, 0) is 25.7 Å². The number of hydrogen-bond donors (Lipinski definition) is 1. The molecule has 1 heterocycles. The third-order valence-electron chi connectivity index (χ3n) is 4.18. The van der Waals surface area contributed by atoms with Crippen LogP contribution in [0.2, 0.25) is 0 Å². The second-order valence-corrected chi connectivity index (χ2v) is 5.36. The molecule has 0 aromatic heterocycles. The topological polar surface area (TPSA) is 57.6 Å². The second kappa shape index (κ2) is 6.21. The lowest BCUT2D eigenvalue weighted by Gasteiger charge is -2.26. The average molecular weight is 255 g/mol. The van der Waals surface area contributed by atoms with Gasteiger partial charge in [0.05, 0.1) is 5.41 Å². The maximum absolute atomic E-state index is 12.3. The molecule has 1 atom stereocenters. The molecule has 1 amide bonds. The van der Waals surface area contributed by atoms with Crippen LogP contribution in [-0.2, 0) is 9.59 Å². The van der Waals surface area contributed by atoms with Crippen molar-refractivity contribution in [1.82, 2.24) is 4.90 Å². The number of nitrogens with zero attached hydrogens (tertiary/aromatic N) is 1. The minimum absolute atomic E-state index is 0.0521. The molecule has 104 valence electrons. The van der Waals surface area contributed by atoms with Crippen LogP contribution in [-0.4, -0.2) is 35.0 Å². The third kappa shape index (κ3) is 2.85. The standard InChI is InChI=1S/C14H25NO3/c1-4-7-14(13(17)18)8-9-15(10-14)12(16)11(5-2)6-3/h11H,4-10H2,1-3H3,(H,17,18). The van der Waals surface area contributed by atoms with Crippen LogP contribution in [0.4, 0.5) is 0 Å². The van der Waals surface area contributed by atoms with Gasteiger partial charge in [0.1, 0.15) is 0 Å². The highest BCUT2D eigenvalue weighted by Gasteiger charge is 2.45. The molecule has 1 aliphatic rings. The first kappa shape index (κ1) is 15.0. The number of aliphatic carboxylic acids is 1. The monoisotopic (exact) mass is 255 g/mol. The fourth-order valence-corrected chi connectivity index (χ4v) is 2.92. The van der Waals surface area contributed by atoms with Crippen LogP contribution >= 0.6 is 0 Å². The molecule has 1 aliphatic heterocycles. The van der Waals surface area contributed by atoms with E-state index in [0.29, 0.717) is 25.9 Å². The van der Waals surface area contributed by atoms with E-state index in [-0.39, 0.29) is 11.8 Å². The Labute approximate surface area is 109 Å². The van der Waals surface area contributed by atoms with Crippen LogP contribution in [0, 0.1) is 11.3 Å². The van der Waals surface area contributed by atoms with E-state index in [9.17, 15) is 14.7 Å². The number of likely N-dealkylation sites (tertiary alicyclic amines) is 1. The molecule has 1 rings (SSSR count). The highest BCUT2D eigenvalue weighted by Crippen LogP contribution is 2.36. The molecule has 0 saturated carbocycles. The van der Waals surface area contributed by atoms with Gasteiger partial charge in [-0.2, -0.15) is 0 Å². The molecule has 4 heteroatoms. The highest BCUT2D eigenvalue weighted by atomic mass is 16.4. The van der Waals surface area contributed by atoms with Gasteiger partial charge < -0.3 is 10.0 Å². The lowest BCUT2D eigenvalue weighted by molar-refractivity contribution is -0.149. The van der Waals surface area contributed by atoms with Crippen molar-refractivity contribution in [2.75, 3.05) is 13.1 Å². The smallest absolute Gasteiger partial charge is 0.311 e. The predicted molar refractivity (Wildman–Crippen MR) is 70.2 cm³/mol. The summed E-state index contributed by atoms with van der Waals surface area (Å²) >= 11 is 0. The SMILES string of the molecule is CCCC1(C(=O)O)CCN(C(=O)C(CC)CC)C1. The van der Waals surface area contributed by atoms with Crippen molar-refractivity contribution in [3.63, 3.8) is 0 Å². The number of hydrogen-bond acceptors (Lipinski definition) is 2. The Balaban J connectivity index is 2.74. The Morgan fingerprint density at radius 1 is 1.28 bits per heavy atom. The zero-order valence-electron chi connectivity index (χ0n) is 11.7. The van der Waals surface area contributed by atoms with Crippen molar-refractivity contribution < 1.29 is 14.7 Å². The fourth-order valence-electron chi connectivity index (χ4n) is 2.92. The summed E-state index contributed by atoms with van der Waals surface area (Å²) in [5, 5.41) is 9.41. The molecule has 0 aliphatic carbocycles. The maximum Gasteiger partial charge on any atom is 0.311 e. The summed E-state index contributed by atoms with van der Waals surface area (Å²) in [7, 11) is 0. The minimum atomic E-state index is -0.746. The van der Waals surface area contributed by atoms with Gasteiger partial charge in [-0.3, -0.25) is 9.59 Å². The molecule has 1 saturated heterocycles. The van der Waals surface area contributed by atoms with Gasteiger partial charge in [0.25, 0.3) is 0 Å². The molecule has 1 unspecified atom stereocenters. The summed E-state index contributed by atoms with van der Waals surface area (Å²) in [6.45, 7) is 7.01. The van der Waals surface area contributed by atoms with Crippen LogP contribution in [0.25, 0.3) is 0 Å². The molecule has 1 N–H and O–H groups in total. The highest BCUT2D eigenvalue weighted by molar-refractivity contribution is 5.82. The van der Waals surface area contributed by atoms with Crippen LogP contribution in [0.1, 0.15) is 52.9 Å². The zero-order chi connectivity index (χ0) is 13.8. The molecule has 18 heavy (non-hydrogen) atoms. The fraction of sp³-hybridized carbons (Fsp3) is 0.857. The largest absolute Gasteiger partial charge is 0.481 e. The summed E-state index contributed by atoms with van der Waals surface area (Å²) in [6, 6.07) is 0. The van der Waals surface area contributed by atoms with E-state index in [4.69, 9.17) is 0 Å². The van der Waals surface area contributed by atoms with Gasteiger partial charge in [-0.1, -0.05) is 27.2 Å². The van der Waals surface area contributed by atoms with E-state index in [1.807, 2.05) is 20.8 Å². The molecule has 0 bridgehead atoms. The van der Waals surface area contributed by atoms with Crippen molar-refractivity contribution in [1.29, 1.82) is 0 Å².